The van der Waals surface area contributed by atoms with Crippen molar-refractivity contribution in [2.45, 2.75) is 11.4 Å². The second kappa shape index (κ2) is 5.56. The zero-order valence-corrected chi connectivity index (χ0v) is 11.6. The van der Waals surface area contributed by atoms with E-state index in [4.69, 9.17) is 5.73 Å². The molecule has 0 spiro atoms. The number of nitrogen functional groups attached to an aromatic ring is 1. The number of pyridine rings is 1. The van der Waals surface area contributed by atoms with Crippen LogP contribution in [0.1, 0.15) is 5.56 Å². The van der Waals surface area contributed by atoms with Crippen molar-refractivity contribution in [2.75, 3.05) is 12.8 Å². The summed E-state index contributed by atoms with van der Waals surface area (Å²) in [6.45, 7) is 0.168. The minimum absolute atomic E-state index is 0.0703. The molecule has 0 aliphatic rings. The first-order valence-corrected chi connectivity index (χ1v) is 7.25. The molecule has 0 bridgehead atoms. The summed E-state index contributed by atoms with van der Waals surface area (Å²) < 4.78 is 39.1. The van der Waals surface area contributed by atoms with Crippen LogP contribution in [0.5, 0.6) is 0 Å². The quantitative estimate of drug-likeness (QED) is 0.870. The predicted octanol–water partition coefficient (Wildman–Crippen LogP) is 1.62. The first-order valence-electron chi connectivity index (χ1n) is 5.81. The molecule has 2 rings (SSSR count). The van der Waals surface area contributed by atoms with Gasteiger partial charge in [-0.05, 0) is 35.9 Å². The van der Waals surface area contributed by atoms with Gasteiger partial charge in [0.2, 0.25) is 10.0 Å². The molecule has 5 nitrogen and oxygen atoms in total. The van der Waals surface area contributed by atoms with Gasteiger partial charge in [0.05, 0.1) is 4.90 Å². The lowest BCUT2D eigenvalue weighted by Crippen LogP contribution is -2.26. The molecule has 0 unspecified atom stereocenters. The Hall–Kier alpha value is -1.99. The summed E-state index contributed by atoms with van der Waals surface area (Å²) in [6, 6.07) is 6.69. The smallest absolute Gasteiger partial charge is 0.243 e. The van der Waals surface area contributed by atoms with E-state index in [1.165, 1.54) is 13.1 Å². The van der Waals surface area contributed by atoms with Crippen molar-refractivity contribution < 1.29 is 12.8 Å². The third-order valence-corrected chi connectivity index (χ3v) is 4.54. The van der Waals surface area contributed by atoms with Crippen LogP contribution in [0.15, 0.2) is 47.6 Å². The Bertz CT molecular complexity index is 685. The number of aromatic nitrogens is 1. The lowest BCUT2D eigenvalue weighted by atomic mass is 10.3. The fourth-order valence-electron chi connectivity index (χ4n) is 1.74. The minimum Gasteiger partial charge on any atom is -0.399 e. The molecule has 0 radical (unpaired) electrons. The highest BCUT2D eigenvalue weighted by Crippen LogP contribution is 2.20. The Kier molecular flexibility index (Phi) is 4.01. The van der Waals surface area contributed by atoms with E-state index in [9.17, 15) is 12.8 Å². The average molecular weight is 295 g/mol. The summed E-state index contributed by atoms with van der Waals surface area (Å²) in [6.07, 6.45) is 3.16. The first-order chi connectivity index (χ1) is 9.39. The van der Waals surface area contributed by atoms with Crippen molar-refractivity contribution in [3.8, 4) is 0 Å². The molecule has 20 heavy (non-hydrogen) atoms. The van der Waals surface area contributed by atoms with Crippen molar-refractivity contribution in [2.24, 2.45) is 0 Å². The van der Waals surface area contributed by atoms with Gasteiger partial charge in [-0.2, -0.15) is 4.31 Å². The lowest BCUT2D eigenvalue weighted by Gasteiger charge is -2.17. The molecule has 0 atom stereocenters. The van der Waals surface area contributed by atoms with Gasteiger partial charge in [-0.3, -0.25) is 4.98 Å². The van der Waals surface area contributed by atoms with Gasteiger partial charge < -0.3 is 5.73 Å². The number of hydrogen-bond acceptors (Lipinski definition) is 4. The van der Waals surface area contributed by atoms with E-state index in [2.05, 4.69) is 4.98 Å². The Labute approximate surface area is 116 Å². The number of nitrogens with zero attached hydrogens (tertiary/aromatic N) is 2. The molecular formula is C13H14FN3O2S. The highest BCUT2D eigenvalue weighted by molar-refractivity contribution is 7.89. The van der Waals surface area contributed by atoms with E-state index in [1.807, 2.05) is 0 Å². The molecule has 0 amide bonds. The predicted molar refractivity (Wildman–Crippen MR) is 73.7 cm³/mol. The van der Waals surface area contributed by atoms with Crippen molar-refractivity contribution in [1.29, 1.82) is 0 Å². The normalized spacial score (nSPS) is 11.8. The first kappa shape index (κ1) is 14.4. The molecule has 1 aromatic heterocycles. The average Bonchev–Trinajstić information content (AvgIpc) is 2.38. The van der Waals surface area contributed by atoms with Crippen LogP contribution in [0.25, 0.3) is 0 Å². The number of benzene rings is 1. The zero-order valence-electron chi connectivity index (χ0n) is 10.8. The van der Waals surface area contributed by atoms with Crippen LogP contribution in [0.2, 0.25) is 0 Å². The number of anilines is 1. The molecular weight excluding hydrogens is 281 g/mol. The molecule has 2 aromatic rings. The minimum atomic E-state index is -3.79. The van der Waals surface area contributed by atoms with Crippen LogP contribution >= 0.6 is 0 Å². The Morgan fingerprint density at radius 3 is 2.50 bits per heavy atom. The van der Waals surface area contributed by atoms with Crippen molar-refractivity contribution in [3.05, 3.63) is 54.1 Å². The summed E-state index contributed by atoms with van der Waals surface area (Å²) in [5.74, 6) is -0.680. The topological polar surface area (TPSA) is 76.3 Å². The number of rotatable bonds is 4. The molecule has 0 saturated carbocycles. The third-order valence-electron chi connectivity index (χ3n) is 2.76. The van der Waals surface area contributed by atoms with E-state index < -0.39 is 15.8 Å². The Morgan fingerprint density at radius 2 is 1.90 bits per heavy atom. The van der Waals surface area contributed by atoms with Gasteiger partial charge in [0.25, 0.3) is 0 Å². The maximum absolute atomic E-state index is 13.3. The second-order valence-electron chi connectivity index (χ2n) is 4.34. The summed E-state index contributed by atoms with van der Waals surface area (Å²) in [7, 11) is -2.36. The van der Waals surface area contributed by atoms with Gasteiger partial charge >= 0.3 is 0 Å². The van der Waals surface area contributed by atoms with Gasteiger partial charge in [-0.25, -0.2) is 12.8 Å². The van der Waals surface area contributed by atoms with Gasteiger partial charge in [-0.15, -0.1) is 0 Å². The molecule has 1 aromatic carbocycles. The molecule has 0 fully saturated rings. The highest BCUT2D eigenvalue weighted by Gasteiger charge is 2.22. The van der Waals surface area contributed by atoms with E-state index >= 15 is 0 Å². The van der Waals surface area contributed by atoms with Gasteiger partial charge in [0.15, 0.2) is 0 Å². The Morgan fingerprint density at radius 1 is 1.25 bits per heavy atom. The standard InChI is InChI=1S/C13H14FN3O2S/c1-17(9-10-2-4-16-5-3-10)20(18,19)13-7-11(14)6-12(15)8-13/h2-8H,9,15H2,1H3. The van der Waals surface area contributed by atoms with E-state index in [0.717, 1.165) is 22.0 Å². The molecule has 106 valence electrons. The number of sulfonamides is 1. The van der Waals surface area contributed by atoms with Crippen molar-refractivity contribution in [1.82, 2.24) is 9.29 Å². The van der Waals surface area contributed by atoms with Crippen LogP contribution in [-0.2, 0) is 16.6 Å². The molecule has 1 heterocycles. The summed E-state index contributed by atoms with van der Waals surface area (Å²) >= 11 is 0. The van der Waals surface area contributed by atoms with Crippen LogP contribution in [0, 0.1) is 5.82 Å². The van der Waals surface area contributed by atoms with Crippen molar-refractivity contribution >= 4 is 15.7 Å². The molecule has 0 aliphatic carbocycles. The SMILES string of the molecule is CN(Cc1ccncc1)S(=O)(=O)c1cc(N)cc(F)c1. The highest BCUT2D eigenvalue weighted by atomic mass is 32.2. The molecule has 0 aliphatic heterocycles. The van der Waals surface area contributed by atoms with Crippen LogP contribution in [-0.4, -0.2) is 24.8 Å². The summed E-state index contributed by atoms with van der Waals surface area (Å²) in [5, 5.41) is 0. The van der Waals surface area contributed by atoms with E-state index in [0.29, 0.717) is 0 Å². The van der Waals surface area contributed by atoms with Crippen molar-refractivity contribution in [3.63, 3.8) is 0 Å². The van der Waals surface area contributed by atoms with E-state index in [-0.39, 0.29) is 17.1 Å². The summed E-state index contributed by atoms with van der Waals surface area (Å²) in [4.78, 5) is 3.70. The fraction of sp³-hybridized carbons (Fsp3) is 0.154. The number of nitrogens with two attached hydrogens (primary N) is 1. The van der Waals surface area contributed by atoms with Gasteiger partial charge in [0.1, 0.15) is 5.82 Å². The van der Waals surface area contributed by atoms with Gasteiger partial charge in [0, 0.05) is 31.7 Å². The zero-order chi connectivity index (χ0) is 14.8. The molecule has 7 heteroatoms. The largest absolute Gasteiger partial charge is 0.399 e. The monoisotopic (exact) mass is 295 g/mol. The summed E-state index contributed by atoms with van der Waals surface area (Å²) in [5.41, 5.74) is 6.34. The van der Waals surface area contributed by atoms with Gasteiger partial charge in [-0.1, -0.05) is 0 Å². The number of hydrogen-bond donors (Lipinski definition) is 1. The number of halogens is 1. The third kappa shape index (κ3) is 3.12. The lowest BCUT2D eigenvalue weighted by molar-refractivity contribution is 0.466. The maximum Gasteiger partial charge on any atom is 0.243 e. The fourth-order valence-corrected chi connectivity index (χ4v) is 2.97. The second-order valence-corrected chi connectivity index (χ2v) is 6.38. The van der Waals surface area contributed by atoms with Crippen LogP contribution in [0.4, 0.5) is 10.1 Å². The maximum atomic E-state index is 13.3. The van der Waals surface area contributed by atoms with E-state index in [1.54, 1.807) is 24.5 Å². The molecule has 2 N–H and O–H groups in total. The Balaban J connectivity index is 2.30. The molecule has 0 saturated heterocycles. The van der Waals surface area contributed by atoms with Crippen LogP contribution in [0.3, 0.4) is 0 Å². The van der Waals surface area contributed by atoms with Crippen LogP contribution < -0.4 is 5.73 Å².